The first-order valence-corrected chi connectivity index (χ1v) is 4.85. The lowest BCUT2D eigenvalue weighted by atomic mass is 10.1. The van der Waals surface area contributed by atoms with Crippen molar-refractivity contribution < 1.29 is 0 Å². The molecule has 0 radical (unpaired) electrons. The summed E-state index contributed by atoms with van der Waals surface area (Å²) < 4.78 is 0.991. The topological polar surface area (TPSA) is 0 Å². The van der Waals surface area contributed by atoms with Crippen molar-refractivity contribution in [3.63, 3.8) is 0 Å². The van der Waals surface area contributed by atoms with Crippen molar-refractivity contribution >= 4 is 27.5 Å². The van der Waals surface area contributed by atoms with Gasteiger partial charge in [0.15, 0.2) is 0 Å². The molecule has 0 bridgehead atoms. The van der Waals surface area contributed by atoms with Crippen LogP contribution in [-0.4, -0.2) is 0 Å². The minimum atomic E-state index is 0.782. The second kappa shape index (κ2) is 4.13. The molecular weight excluding hydrogens is 223 g/mol. The highest BCUT2D eigenvalue weighted by atomic mass is 79.9. The average molecular weight is 234 g/mol. The van der Waals surface area contributed by atoms with E-state index in [1.807, 2.05) is 6.07 Å². The first-order valence-electron chi connectivity index (χ1n) is 3.68. The predicted octanol–water partition coefficient (Wildman–Crippen LogP) is 4.06. The first-order chi connectivity index (χ1) is 5.24. The summed E-state index contributed by atoms with van der Waals surface area (Å²) in [4.78, 5) is 0. The van der Waals surface area contributed by atoms with Gasteiger partial charge in [-0.2, -0.15) is 0 Å². The summed E-state index contributed by atoms with van der Waals surface area (Å²) in [6, 6.07) is 6.07. The third-order valence-electron chi connectivity index (χ3n) is 1.52. The van der Waals surface area contributed by atoms with Crippen LogP contribution < -0.4 is 0 Å². The number of halogens is 2. The van der Waals surface area contributed by atoms with Gasteiger partial charge in [-0.25, -0.2) is 0 Å². The maximum absolute atomic E-state index is 5.83. The fourth-order valence-electron chi connectivity index (χ4n) is 0.984. The molecule has 0 atom stereocenters. The Morgan fingerprint density at radius 2 is 2.18 bits per heavy atom. The van der Waals surface area contributed by atoms with E-state index in [1.54, 1.807) is 0 Å². The smallest absolute Gasteiger partial charge is 0.0548 e. The second-order valence-corrected chi connectivity index (χ2v) is 3.76. The summed E-state index contributed by atoms with van der Waals surface area (Å²) in [7, 11) is 0. The quantitative estimate of drug-likeness (QED) is 0.723. The second-order valence-electron chi connectivity index (χ2n) is 2.50. The zero-order chi connectivity index (χ0) is 8.27. The van der Waals surface area contributed by atoms with Gasteiger partial charge >= 0.3 is 0 Å². The molecule has 0 heterocycles. The maximum atomic E-state index is 5.83. The molecule has 0 N–H and O–H groups in total. The molecule has 60 valence electrons. The minimum absolute atomic E-state index is 0.782. The van der Waals surface area contributed by atoms with E-state index >= 15 is 0 Å². The maximum Gasteiger partial charge on any atom is 0.0548 e. The molecule has 0 fully saturated rings. The van der Waals surface area contributed by atoms with E-state index in [0.717, 1.165) is 15.9 Å². The number of benzene rings is 1. The molecule has 1 aromatic rings. The lowest BCUT2D eigenvalue weighted by Crippen LogP contribution is -1.82. The predicted molar refractivity (Wildman–Crippen MR) is 53.1 cm³/mol. The van der Waals surface area contributed by atoms with E-state index in [2.05, 4.69) is 35.0 Å². The Bertz CT molecular complexity index is 245. The first kappa shape index (κ1) is 9.08. The van der Waals surface area contributed by atoms with Crippen LogP contribution in [0.4, 0.5) is 0 Å². The average Bonchev–Trinajstić information content (AvgIpc) is 1.98. The minimum Gasteiger partial charge on any atom is -0.0831 e. The van der Waals surface area contributed by atoms with Crippen molar-refractivity contribution in [2.75, 3.05) is 0 Å². The standard InChI is InChI=1S/C9H10BrCl/c1-2-3-7-4-5-9(11)8(10)6-7/h4-6H,2-3H2,1H3. The van der Waals surface area contributed by atoms with E-state index in [0.29, 0.717) is 0 Å². The SMILES string of the molecule is CCCc1ccc(Cl)c(Br)c1. The molecular formula is C9H10BrCl. The van der Waals surface area contributed by atoms with Gasteiger partial charge in [-0.15, -0.1) is 0 Å². The Labute approximate surface area is 80.7 Å². The molecule has 0 amide bonds. The lowest BCUT2D eigenvalue weighted by molar-refractivity contribution is 0.921. The summed E-state index contributed by atoms with van der Waals surface area (Å²) in [5.41, 5.74) is 1.34. The van der Waals surface area contributed by atoms with Crippen molar-refractivity contribution in [2.45, 2.75) is 19.8 Å². The Morgan fingerprint density at radius 1 is 1.45 bits per heavy atom. The van der Waals surface area contributed by atoms with Crippen molar-refractivity contribution in [2.24, 2.45) is 0 Å². The highest BCUT2D eigenvalue weighted by molar-refractivity contribution is 9.10. The van der Waals surface area contributed by atoms with Crippen molar-refractivity contribution in [3.05, 3.63) is 33.3 Å². The summed E-state index contributed by atoms with van der Waals surface area (Å²) >= 11 is 9.22. The van der Waals surface area contributed by atoms with E-state index < -0.39 is 0 Å². The van der Waals surface area contributed by atoms with Crippen LogP contribution in [0.1, 0.15) is 18.9 Å². The molecule has 0 aliphatic carbocycles. The van der Waals surface area contributed by atoms with E-state index in [1.165, 1.54) is 12.0 Å². The molecule has 11 heavy (non-hydrogen) atoms. The van der Waals surface area contributed by atoms with Gasteiger partial charge < -0.3 is 0 Å². The van der Waals surface area contributed by atoms with Gasteiger partial charge in [-0.1, -0.05) is 31.0 Å². The molecule has 0 saturated carbocycles. The van der Waals surface area contributed by atoms with Gasteiger partial charge in [0.2, 0.25) is 0 Å². The summed E-state index contributed by atoms with van der Waals surface area (Å²) in [6.07, 6.45) is 2.30. The van der Waals surface area contributed by atoms with Gasteiger partial charge in [-0.05, 0) is 40.0 Å². The van der Waals surface area contributed by atoms with Crippen molar-refractivity contribution in [1.82, 2.24) is 0 Å². The van der Waals surface area contributed by atoms with Crippen LogP contribution in [0.2, 0.25) is 5.02 Å². The molecule has 0 aromatic heterocycles. The van der Waals surface area contributed by atoms with Gasteiger partial charge in [-0.3, -0.25) is 0 Å². The molecule has 0 unspecified atom stereocenters. The van der Waals surface area contributed by atoms with Gasteiger partial charge in [0.1, 0.15) is 0 Å². The monoisotopic (exact) mass is 232 g/mol. The van der Waals surface area contributed by atoms with Crippen LogP contribution in [-0.2, 0) is 6.42 Å². The number of aryl methyl sites for hydroxylation is 1. The third kappa shape index (κ3) is 2.49. The molecule has 0 nitrogen and oxygen atoms in total. The third-order valence-corrected chi connectivity index (χ3v) is 2.74. The lowest BCUT2D eigenvalue weighted by Gasteiger charge is -2.00. The van der Waals surface area contributed by atoms with Crippen molar-refractivity contribution in [3.8, 4) is 0 Å². The fraction of sp³-hybridized carbons (Fsp3) is 0.333. The molecule has 0 saturated heterocycles. The van der Waals surface area contributed by atoms with Crippen LogP contribution in [0.25, 0.3) is 0 Å². The van der Waals surface area contributed by atoms with Crippen LogP contribution in [0.3, 0.4) is 0 Å². The Morgan fingerprint density at radius 3 is 2.73 bits per heavy atom. The molecule has 1 rings (SSSR count). The highest BCUT2D eigenvalue weighted by Gasteiger charge is 1.96. The summed E-state index contributed by atoms with van der Waals surface area (Å²) in [6.45, 7) is 2.17. The van der Waals surface area contributed by atoms with E-state index in [9.17, 15) is 0 Å². The van der Waals surface area contributed by atoms with Crippen LogP contribution >= 0.6 is 27.5 Å². The van der Waals surface area contributed by atoms with Crippen LogP contribution in [0.15, 0.2) is 22.7 Å². The van der Waals surface area contributed by atoms with Crippen LogP contribution in [0, 0.1) is 0 Å². The van der Waals surface area contributed by atoms with Gasteiger partial charge in [0, 0.05) is 4.47 Å². The largest absolute Gasteiger partial charge is 0.0831 e. The van der Waals surface area contributed by atoms with Crippen LogP contribution in [0.5, 0.6) is 0 Å². The Kier molecular flexibility index (Phi) is 3.41. The van der Waals surface area contributed by atoms with E-state index in [-0.39, 0.29) is 0 Å². The zero-order valence-corrected chi connectivity index (χ0v) is 8.74. The normalized spacial score (nSPS) is 10.1. The molecule has 0 spiro atoms. The van der Waals surface area contributed by atoms with Gasteiger partial charge in [0.25, 0.3) is 0 Å². The molecule has 1 aromatic carbocycles. The zero-order valence-electron chi connectivity index (χ0n) is 6.40. The van der Waals surface area contributed by atoms with E-state index in [4.69, 9.17) is 11.6 Å². The summed E-state index contributed by atoms with van der Waals surface area (Å²) in [5, 5.41) is 0.782. The van der Waals surface area contributed by atoms with Crippen molar-refractivity contribution in [1.29, 1.82) is 0 Å². The molecule has 0 aliphatic rings. The number of rotatable bonds is 2. The molecule has 2 heteroatoms. The van der Waals surface area contributed by atoms with Gasteiger partial charge in [0.05, 0.1) is 5.02 Å². The molecule has 0 aliphatic heterocycles. The Balaban J connectivity index is 2.86. The summed E-state index contributed by atoms with van der Waals surface area (Å²) in [5.74, 6) is 0. The number of hydrogen-bond donors (Lipinski definition) is 0. The fourth-order valence-corrected chi connectivity index (χ4v) is 1.53. The highest BCUT2D eigenvalue weighted by Crippen LogP contribution is 2.23. The Hall–Kier alpha value is -0.0100. The number of hydrogen-bond acceptors (Lipinski definition) is 0.